The smallest absolute Gasteiger partial charge is 0.241 e. The number of benzene rings is 2. The Labute approximate surface area is 158 Å². The zero-order valence-electron chi connectivity index (χ0n) is 14.4. The van der Waals surface area contributed by atoms with Crippen LogP contribution >= 0.6 is 12.4 Å². The van der Waals surface area contributed by atoms with Gasteiger partial charge in [0, 0.05) is 17.5 Å². The van der Waals surface area contributed by atoms with Gasteiger partial charge in [-0.3, -0.25) is 4.79 Å². The minimum atomic E-state index is -0.801. The van der Waals surface area contributed by atoms with E-state index >= 15 is 0 Å². The molecule has 1 aliphatic carbocycles. The van der Waals surface area contributed by atoms with Crippen LogP contribution < -0.4 is 11.1 Å². The van der Waals surface area contributed by atoms with Crippen LogP contribution in [0.5, 0.6) is 0 Å². The first-order chi connectivity index (χ1) is 12.0. The second-order valence-corrected chi connectivity index (χ2v) is 6.69. The summed E-state index contributed by atoms with van der Waals surface area (Å²) in [5.41, 5.74) is 6.09. The van der Waals surface area contributed by atoms with Gasteiger partial charge in [0.05, 0.1) is 0 Å². The first kappa shape index (κ1) is 20.3. The van der Waals surface area contributed by atoms with Crippen molar-refractivity contribution in [2.75, 3.05) is 6.54 Å². The van der Waals surface area contributed by atoms with E-state index < -0.39 is 23.1 Å². The summed E-state index contributed by atoms with van der Waals surface area (Å²) in [5, 5.41) is 2.82. The lowest BCUT2D eigenvalue weighted by atomic mass is 9.78. The molecule has 1 amide bonds. The molecule has 1 unspecified atom stereocenters. The molecule has 3 rings (SSSR count). The average molecular weight is 381 g/mol. The summed E-state index contributed by atoms with van der Waals surface area (Å²) in [6, 6.07) is 12.2. The normalized spacial score (nSPS) is 16.6. The number of nitrogens with one attached hydrogen (secondary N) is 1. The fourth-order valence-electron chi connectivity index (χ4n) is 3.75. The monoisotopic (exact) mass is 380 g/mol. The van der Waals surface area contributed by atoms with E-state index in [1.54, 1.807) is 12.1 Å². The maximum absolute atomic E-state index is 14.3. The zero-order chi connectivity index (χ0) is 17.9. The summed E-state index contributed by atoms with van der Waals surface area (Å²) in [5.74, 6) is -1.44. The number of carbonyl (C=O) groups is 1. The fourth-order valence-corrected chi connectivity index (χ4v) is 3.75. The molecule has 3 nitrogen and oxygen atoms in total. The minimum Gasteiger partial charge on any atom is -0.354 e. The lowest BCUT2D eigenvalue weighted by Crippen LogP contribution is -2.43. The van der Waals surface area contributed by atoms with E-state index in [1.165, 1.54) is 18.2 Å². The van der Waals surface area contributed by atoms with Crippen molar-refractivity contribution in [3.05, 3.63) is 71.3 Å². The molecule has 0 aromatic heterocycles. The molecule has 140 valence electrons. The van der Waals surface area contributed by atoms with Gasteiger partial charge in [0.15, 0.2) is 0 Å². The Morgan fingerprint density at radius 2 is 1.62 bits per heavy atom. The van der Waals surface area contributed by atoms with Gasteiger partial charge in [0.1, 0.15) is 17.7 Å². The van der Waals surface area contributed by atoms with Crippen molar-refractivity contribution < 1.29 is 13.6 Å². The van der Waals surface area contributed by atoms with E-state index in [-0.39, 0.29) is 30.4 Å². The number of amides is 1. The topological polar surface area (TPSA) is 55.1 Å². The van der Waals surface area contributed by atoms with Crippen molar-refractivity contribution in [2.45, 2.75) is 37.1 Å². The van der Waals surface area contributed by atoms with Gasteiger partial charge in [-0.05, 0) is 30.5 Å². The summed E-state index contributed by atoms with van der Waals surface area (Å²) in [6.07, 6.45) is 3.06. The standard InChI is InChI=1S/C20H22F2N2O.ClH/c21-15-9-6-10-16(22)17(15)20(11-4-5-12-20)13-24-19(25)18(23)14-7-2-1-3-8-14;/h1-3,6-10,18H,4-5,11-13,23H2,(H,24,25);1H. The highest BCUT2D eigenvalue weighted by atomic mass is 35.5. The number of halogens is 3. The number of hydrogen-bond acceptors (Lipinski definition) is 2. The zero-order valence-corrected chi connectivity index (χ0v) is 15.2. The van der Waals surface area contributed by atoms with Crippen molar-refractivity contribution in [3.63, 3.8) is 0 Å². The summed E-state index contributed by atoms with van der Waals surface area (Å²) < 4.78 is 28.6. The van der Waals surface area contributed by atoms with Gasteiger partial charge in [-0.1, -0.05) is 49.2 Å². The van der Waals surface area contributed by atoms with Crippen LogP contribution in [0.4, 0.5) is 8.78 Å². The summed E-state index contributed by atoms with van der Waals surface area (Å²) in [6.45, 7) is 0.185. The van der Waals surface area contributed by atoms with E-state index in [0.717, 1.165) is 12.8 Å². The number of nitrogens with two attached hydrogens (primary N) is 1. The molecule has 3 N–H and O–H groups in total. The van der Waals surface area contributed by atoms with Gasteiger partial charge in [-0.2, -0.15) is 0 Å². The first-order valence-electron chi connectivity index (χ1n) is 8.56. The molecule has 0 aliphatic heterocycles. The number of carbonyl (C=O) groups excluding carboxylic acids is 1. The predicted molar refractivity (Wildman–Crippen MR) is 100 cm³/mol. The fraction of sp³-hybridized carbons (Fsp3) is 0.350. The van der Waals surface area contributed by atoms with Crippen molar-refractivity contribution >= 4 is 18.3 Å². The summed E-state index contributed by atoms with van der Waals surface area (Å²) >= 11 is 0. The van der Waals surface area contributed by atoms with Crippen LogP contribution in [0.1, 0.15) is 42.9 Å². The molecule has 1 saturated carbocycles. The predicted octanol–water partition coefficient (Wildman–Crippen LogP) is 4.01. The van der Waals surface area contributed by atoms with E-state index in [0.29, 0.717) is 18.4 Å². The van der Waals surface area contributed by atoms with Crippen molar-refractivity contribution in [1.82, 2.24) is 5.32 Å². The van der Waals surface area contributed by atoms with Gasteiger partial charge >= 0.3 is 0 Å². The van der Waals surface area contributed by atoms with E-state index in [1.807, 2.05) is 18.2 Å². The van der Waals surface area contributed by atoms with Gasteiger partial charge in [-0.25, -0.2) is 8.78 Å². The quantitative estimate of drug-likeness (QED) is 0.823. The first-order valence-corrected chi connectivity index (χ1v) is 8.56. The Balaban J connectivity index is 0.00000243. The van der Waals surface area contributed by atoms with Crippen LogP contribution in [-0.4, -0.2) is 12.5 Å². The highest BCUT2D eigenvalue weighted by molar-refractivity contribution is 5.85. The summed E-state index contributed by atoms with van der Waals surface area (Å²) in [4.78, 5) is 12.4. The molecule has 2 aromatic carbocycles. The molecule has 26 heavy (non-hydrogen) atoms. The Morgan fingerprint density at radius 3 is 2.19 bits per heavy atom. The van der Waals surface area contributed by atoms with Crippen molar-refractivity contribution in [1.29, 1.82) is 0 Å². The van der Waals surface area contributed by atoms with Gasteiger partial charge < -0.3 is 11.1 Å². The van der Waals surface area contributed by atoms with Crippen LogP contribution in [0.2, 0.25) is 0 Å². The Kier molecular flexibility index (Phi) is 6.73. The van der Waals surface area contributed by atoms with Gasteiger partial charge in [-0.15, -0.1) is 12.4 Å². The third-order valence-corrected chi connectivity index (χ3v) is 5.10. The van der Waals surface area contributed by atoms with E-state index in [2.05, 4.69) is 5.32 Å². The van der Waals surface area contributed by atoms with E-state index in [9.17, 15) is 13.6 Å². The second kappa shape index (κ2) is 8.60. The maximum Gasteiger partial charge on any atom is 0.241 e. The molecule has 6 heteroatoms. The minimum absolute atomic E-state index is 0. The lowest BCUT2D eigenvalue weighted by Gasteiger charge is -2.31. The van der Waals surface area contributed by atoms with Crippen molar-refractivity contribution in [2.24, 2.45) is 5.73 Å². The molecule has 1 fully saturated rings. The van der Waals surface area contributed by atoms with Crippen LogP contribution in [0.3, 0.4) is 0 Å². The molecular formula is C20H23ClF2N2O. The second-order valence-electron chi connectivity index (χ2n) is 6.69. The third-order valence-electron chi connectivity index (χ3n) is 5.10. The number of hydrogen-bond donors (Lipinski definition) is 2. The van der Waals surface area contributed by atoms with Crippen LogP contribution in [0.25, 0.3) is 0 Å². The van der Waals surface area contributed by atoms with E-state index in [4.69, 9.17) is 5.73 Å². The van der Waals surface area contributed by atoms with Gasteiger partial charge in [0.2, 0.25) is 5.91 Å². The molecule has 1 atom stereocenters. The van der Waals surface area contributed by atoms with Crippen LogP contribution in [-0.2, 0) is 10.2 Å². The van der Waals surface area contributed by atoms with Gasteiger partial charge in [0.25, 0.3) is 0 Å². The maximum atomic E-state index is 14.3. The molecular weight excluding hydrogens is 358 g/mol. The summed E-state index contributed by atoms with van der Waals surface area (Å²) in [7, 11) is 0. The number of rotatable bonds is 5. The molecule has 0 saturated heterocycles. The SMILES string of the molecule is Cl.NC(C(=O)NCC1(c2c(F)cccc2F)CCCC1)c1ccccc1. The molecule has 2 aromatic rings. The molecule has 0 radical (unpaired) electrons. The average Bonchev–Trinajstić information content (AvgIpc) is 3.09. The van der Waals surface area contributed by atoms with Crippen LogP contribution in [0, 0.1) is 11.6 Å². The van der Waals surface area contributed by atoms with Crippen molar-refractivity contribution in [3.8, 4) is 0 Å². The Morgan fingerprint density at radius 1 is 1.04 bits per heavy atom. The Bertz CT molecular complexity index is 728. The molecule has 0 bridgehead atoms. The van der Waals surface area contributed by atoms with Crippen LogP contribution in [0.15, 0.2) is 48.5 Å². The molecule has 0 spiro atoms. The highest BCUT2D eigenvalue weighted by Crippen LogP contribution is 2.42. The lowest BCUT2D eigenvalue weighted by molar-refractivity contribution is -0.122. The Hall–Kier alpha value is -1.98. The third kappa shape index (κ3) is 4.05. The molecule has 1 aliphatic rings. The molecule has 0 heterocycles. The largest absolute Gasteiger partial charge is 0.354 e. The highest BCUT2D eigenvalue weighted by Gasteiger charge is 2.40.